The van der Waals surface area contributed by atoms with Crippen LogP contribution in [0.3, 0.4) is 0 Å². The van der Waals surface area contributed by atoms with E-state index >= 15 is 0 Å². The zero-order chi connectivity index (χ0) is 13.9. The molecule has 2 aromatic rings. The summed E-state index contributed by atoms with van der Waals surface area (Å²) in [5.41, 5.74) is 7.37. The second-order valence-corrected chi connectivity index (χ2v) is 5.86. The second kappa shape index (κ2) is 5.80. The van der Waals surface area contributed by atoms with Crippen LogP contribution in [0.15, 0.2) is 42.5 Å². The van der Waals surface area contributed by atoms with Crippen LogP contribution < -0.4 is 5.32 Å². The van der Waals surface area contributed by atoms with E-state index in [4.69, 9.17) is 0 Å². The fourth-order valence-electron chi connectivity index (χ4n) is 3.33. The van der Waals surface area contributed by atoms with Gasteiger partial charge in [0.05, 0.1) is 0 Å². The molecule has 2 aromatic carbocycles. The van der Waals surface area contributed by atoms with Crippen molar-refractivity contribution in [3.8, 4) is 0 Å². The van der Waals surface area contributed by atoms with Crippen molar-refractivity contribution < 1.29 is 0 Å². The van der Waals surface area contributed by atoms with Crippen LogP contribution >= 0.6 is 0 Å². The minimum absolute atomic E-state index is 0.399. The molecule has 3 rings (SSSR count). The van der Waals surface area contributed by atoms with Gasteiger partial charge in [-0.1, -0.05) is 42.5 Å². The first-order valence-electron chi connectivity index (χ1n) is 7.61. The number of fused-ring (bicyclic) bond motifs is 1. The second-order valence-electron chi connectivity index (χ2n) is 5.86. The van der Waals surface area contributed by atoms with Crippen LogP contribution in [0.5, 0.6) is 0 Å². The van der Waals surface area contributed by atoms with Crippen molar-refractivity contribution in [1.82, 2.24) is 5.32 Å². The average Bonchev–Trinajstić information content (AvgIpc) is 2.93. The van der Waals surface area contributed by atoms with Crippen molar-refractivity contribution >= 4 is 0 Å². The smallest absolute Gasteiger partial charge is 0.0361 e. The fourth-order valence-corrected chi connectivity index (χ4v) is 3.33. The molecular weight excluding hydrogens is 242 g/mol. The molecular formula is C19H23N. The first-order valence-corrected chi connectivity index (χ1v) is 7.61. The molecule has 0 saturated heterocycles. The van der Waals surface area contributed by atoms with Crippen molar-refractivity contribution in [2.75, 3.05) is 7.05 Å². The molecule has 20 heavy (non-hydrogen) atoms. The van der Waals surface area contributed by atoms with Gasteiger partial charge in [0.2, 0.25) is 0 Å². The van der Waals surface area contributed by atoms with E-state index in [1.165, 1.54) is 36.0 Å². The van der Waals surface area contributed by atoms with Gasteiger partial charge in [-0.05, 0) is 67.5 Å². The normalized spacial score (nSPS) is 15.1. The van der Waals surface area contributed by atoms with Gasteiger partial charge in [-0.15, -0.1) is 0 Å². The number of hydrogen-bond donors (Lipinski definition) is 1. The lowest BCUT2D eigenvalue weighted by Crippen LogP contribution is -2.19. The van der Waals surface area contributed by atoms with Gasteiger partial charge < -0.3 is 5.32 Å². The molecule has 1 nitrogen and oxygen atoms in total. The van der Waals surface area contributed by atoms with E-state index in [2.05, 4.69) is 61.8 Å². The van der Waals surface area contributed by atoms with Crippen molar-refractivity contribution in [3.63, 3.8) is 0 Å². The first-order chi connectivity index (χ1) is 9.78. The molecule has 104 valence electrons. The van der Waals surface area contributed by atoms with E-state index in [1.54, 1.807) is 11.1 Å². The fraction of sp³-hybridized carbons (Fsp3) is 0.368. The average molecular weight is 265 g/mol. The van der Waals surface area contributed by atoms with Gasteiger partial charge in [-0.3, -0.25) is 0 Å². The summed E-state index contributed by atoms with van der Waals surface area (Å²) in [6.45, 7) is 2.20. The Kier molecular flexibility index (Phi) is 3.88. The standard InChI is InChI=1S/C19H23N/c1-14-6-3-4-9-18(14)19(20-2)13-15-10-11-16-7-5-8-17(16)12-15/h3-4,6,9-12,19-20H,5,7-8,13H2,1-2H3. The zero-order valence-electron chi connectivity index (χ0n) is 12.4. The van der Waals surface area contributed by atoms with Crippen LogP contribution in [0.2, 0.25) is 0 Å². The van der Waals surface area contributed by atoms with Gasteiger partial charge in [0.1, 0.15) is 0 Å². The Labute approximate surface area is 122 Å². The molecule has 0 aromatic heterocycles. The maximum atomic E-state index is 3.48. The summed E-state index contributed by atoms with van der Waals surface area (Å²) in [5.74, 6) is 0. The van der Waals surface area contributed by atoms with Gasteiger partial charge in [-0.2, -0.15) is 0 Å². The van der Waals surface area contributed by atoms with Crippen molar-refractivity contribution in [3.05, 3.63) is 70.3 Å². The Morgan fingerprint density at radius 3 is 2.65 bits per heavy atom. The Morgan fingerprint density at radius 1 is 1.05 bits per heavy atom. The Balaban J connectivity index is 1.83. The quantitative estimate of drug-likeness (QED) is 0.881. The van der Waals surface area contributed by atoms with Crippen LogP contribution in [0, 0.1) is 6.92 Å². The number of rotatable bonds is 4. The molecule has 0 amide bonds. The number of benzene rings is 2. The Hall–Kier alpha value is -1.60. The first kappa shape index (κ1) is 13.4. The summed E-state index contributed by atoms with van der Waals surface area (Å²) in [6.07, 6.45) is 4.92. The van der Waals surface area contributed by atoms with Crippen molar-refractivity contribution in [2.24, 2.45) is 0 Å². The van der Waals surface area contributed by atoms with Gasteiger partial charge in [-0.25, -0.2) is 0 Å². The summed E-state index contributed by atoms with van der Waals surface area (Å²) >= 11 is 0. The molecule has 1 heteroatoms. The van der Waals surface area contributed by atoms with E-state index in [-0.39, 0.29) is 0 Å². The number of hydrogen-bond acceptors (Lipinski definition) is 1. The number of likely N-dealkylation sites (N-methyl/N-ethyl adjacent to an activating group) is 1. The van der Waals surface area contributed by atoms with Gasteiger partial charge >= 0.3 is 0 Å². The predicted octanol–water partition coefficient (Wildman–Crippen LogP) is 3.99. The highest BCUT2D eigenvalue weighted by Crippen LogP contribution is 2.26. The molecule has 0 aliphatic heterocycles. The Bertz CT molecular complexity index is 600. The number of nitrogens with one attached hydrogen (secondary N) is 1. The van der Waals surface area contributed by atoms with Crippen LogP contribution in [-0.4, -0.2) is 7.05 Å². The maximum absolute atomic E-state index is 3.48. The van der Waals surface area contributed by atoms with E-state index < -0.39 is 0 Å². The van der Waals surface area contributed by atoms with E-state index in [9.17, 15) is 0 Å². The van der Waals surface area contributed by atoms with Crippen LogP contribution in [0.25, 0.3) is 0 Å². The molecule has 0 spiro atoms. The molecule has 0 fully saturated rings. The SMILES string of the molecule is CNC(Cc1ccc2c(c1)CCC2)c1ccccc1C. The topological polar surface area (TPSA) is 12.0 Å². The highest BCUT2D eigenvalue weighted by atomic mass is 14.9. The summed E-state index contributed by atoms with van der Waals surface area (Å²) in [7, 11) is 2.06. The maximum Gasteiger partial charge on any atom is 0.0361 e. The lowest BCUT2D eigenvalue weighted by Gasteiger charge is -2.19. The predicted molar refractivity (Wildman–Crippen MR) is 85.2 cm³/mol. The van der Waals surface area contributed by atoms with Gasteiger partial charge in [0, 0.05) is 6.04 Å². The molecule has 0 radical (unpaired) electrons. The van der Waals surface area contributed by atoms with Gasteiger partial charge in [0.15, 0.2) is 0 Å². The highest BCUT2D eigenvalue weighted by Gasteiger charge is 2.15. The monoisotopic (exact) mass is 265 g/mol. The van der Waals surface area contributed by atoms with Crippen LogP contribution in [0.4, 0.5) is 0 Å². The Morgan fingerprint density at radius 2 is 1.85 bits per heavy atom. The van der Waals surface area contributed by atoms with Crippen molar-refractivity contribution in [2.45, 2.75) is 38.6 Å². The summed E-state index contributed by atoms with van der Waals surface area (Å²) < 4.78 is 0. The lowest BCUT2D eigenvalue weighted by atomic mass is 9.94. The lowest BCUT2D eigenvalue weighted by molar-refractivity contribution is 0.589. The molecule has 1 aliphatic carbocycles. The number of aryl methyl sites for hydroxylation is 3. The van der Waals surface area contributed by atoms with Gasteiger partial charge in [0.25, 0.3) is 0 Å². The molecule has 1 aliphatic rings. The van der Waals surface area contributed by atoms with Crippen LogP contribution in [-0.2, 0) is 19.3 Å². The zero-order valence-corrected chi connectivity index (χ0v) is 12.4. The van der Waals surface area contributed by atoms with Crippen molar-refractivity contribution in [1.29, 1.82) is 0 Å². The minimum Gasteiger partial charge on any atom is -0.313 e. The molecule has 0 bridgehead atoms. The third kappa shape index (κ3) is 2.64. The molecule has 0 heterocycles. The van der Waals surface area contributed by atoms with E-state index in [0.717, 1.165) is 6.42 Å². The molecule has 1 atom stereocenters. The summed E-state index contributed by atoms with van der Waals surface area (Å²) in [4.78, 5) is 0. The summed E-state index contributed by atoms with van der Waals surface area (Å²) in [5, 5.41) is 3.48. The third-order valence-corrected chi connectivity index (χ3v) is 4.52. The summed E-state index contributed by atoms with van der Waals surface area (Å²) in [6, 6.07) is 16.2. The third-order valence-electron chi connectivity index (χ3n) is 4.52. The molecule has 1 N–H and O–H groups in total. The van der Waals surface area contributed by atoms with Crippen LogP contribution in [0.1, 0.15) is 40.3 Å². The minimum atomic E-state index is 0.399. The molecule has 0 saturated carbocycles. The molecule has 1 unspecified atom stereocenters. The van der Waals surface area contributed by atoms with E-state index in [1.807, 2.05) is 0 Å². The van der Waals surface area contributed by atoms with E-state index in [0.29, 0.717) is 6.04 Å². The largest absolute Gasteiger partial charge is 0.313 e. The highest BCUT2D eigenvalue weighted by molar-refractivity contribution is 5.37.